The molecule has 0 aliphatic heterocycles. The fraction of sp³-hybridized carbons (Fsp3) is 0.611. The van der Waals surface area contributed by atoms with Gasteiger partial charge in [-0.15, -0.1) is 0 Å². The number of benzene rings is 1. The van der Waals surface area contributed by atoms with Crippen molar-refractivity contribution in [3.05, 3.63) is 33.9 Å². The second kappa shape index (κ2) is 4.77. The summed E-state index contributed by atoms with van der Waals surface area (Å²) < 4.78 is 0. The van der Waals surface area contributed by atoms with Crippen molar-refractivity contribution >= 4 is 5.78 Å². The van der Waals surface area contributed by atoms with Crippen LogP contribution in [0.4, 0.5) is 0 Å². The molecule has 0 heterocycles. The van der Waals surface area contributed by atoms with Crippen LogP contribution in [-0.4, -0.2) is 5.78 Å². The predicted octanol–water partition coefficient (Wildman–Crippen LogP) is 5.00. The van der Waals surface area contributed by atoms with Gasteiger partial charge in [-0.05, 0) is 72.8 Å². The number of hydrogen-bond donors (Lipinski definition) is 0. The van der Waals surface area contributed by atoms with E-state index in [0.29, 0.717) is 23.7 Å². The first-order valence-electron chi connectivity index (χ1n) is 7.42. The quantitative estimate of drug-likeness (QED) is 0.648. The van der Waals surface area contributed by atoms with Gasteiger partial charge in [0, 0.05) is 5.56 Å². The Morgan fingerprint density at radius 1 is 0.947 bits per heavy atom. The van der Waals surface area contributed by atoms with Crippen molar-refractivity contribution in [2.24, 2.45) is 11.8 Å². The number of hydrogen-bond acceptors (Lipinski definition) is 1. The van der Waals surface area contributed by atoms with Gasteiger partial charge in [0.15, 0.2) is 5.78 Å². The van der Waals surface area contributed by atoms with E-state index < -0.39 is 0 Å². The highest BCUT2D eigenvalue weighted by Crippen LogP contribution is 2.48. The average Bonchev–Trinajstić information content (AvgIpc) is 2.36. The maximum Gasteiger partial charge on any atom is 0.160 e. The number of fused-ring (bicyclic) bond motifs is 1. The van der Waals surface area contributed by atoms with Crippen LogP contribution in [0.15, 0.2) is 6.07 Å². The SMILES string of the molecule is CC(=O)c1cc2c(c(C)c1C)C(C)C(C)C(C)C2C. The van der Waals surface area contributed by atoms with Gasteiger partial charge in [-0.2, -0.15) is 0 Å². The normalized spacial score (nSPS) is 30.1. The molecule has 1 aliphatic rings. The molecule has 19 heavy (non-hydrogen) atoms. The minimum Gasteiger partial charge on any atom is -0.295 e. The van der Waals surface area contributed by atoms with Crippen LogP contribution < -0.4 is 0 Å². The summed E-state index contributed by atoms with van der Waals surface area (Å²) in [4.78, 5) is 11.8. The van der Waals surface area contributed by atoms with Crippen molar-refractivity contribution in [3.63, 3.8) is 0 Å². The Morgan fingerprint density at radius 3 is 2.00 bits per heavy atom. The fourth-order valence-corrected chi connectivity index (χ4v) is 3.77. The van der Waals surface area contributed by atoms with Gasteiger partial charge >= 0.3 is 0 Å². The van der Waals surface area contributed by atoms with Crippen LogP contribution in [0, 0.1) is 25.7 Å². The molecule has 4 atom stereocenters. The van der Waals surface area contributed by atoms with Gasteiger partial charge in [0.25, 0.3) is 0 Å². The highest BCUT2D eigenvalue weighted by atomic mass is 16.1. The van der Waals surface area contributed by atoms with Crippen molar-refractivity contribution in [1.29, 1.82) is 0 Å². The lowest BCUT2D eigenvalue weighted by molar-refractivity contribution is 0.101. The molecule has 2 rings (SSSR count). The maximum absolute atomic E-state index is 11.8. The molecule has 0 fully saturated rings. The van der Waals surface area contributed by atoms with E-state index in [1.807, 2.05) is 0 Å². The second-order valence-corrected chi connectivity index (χ2v) is 6.53. The Balaban J connectivity index is 2.74. The smallest absolute Gasteiger partial charge is 0.160 e. The number of carbonyl (C=O) groups excluding carboxylic acids is 1. The first-order chi connectivity index (χ1) is 8.77. The van der Waals surface area contributed by atoms with Crippen LogP contribution >= 0.6 is 0 Å². The lowest BCUT2D eigenvalue weighted by atomic mass is 9.64. The van der Waals surface area contributed by atoms with E-state index in [1.165, 1.54) is 22.3 Å². The lowest BCUT2D eigenvalue weighted by Gasteiger charge is -2.40. The molecule has 0 radical (unpaired) electrons. The number of rotatable bonds is 1. The molecule has 0 spiro atoms. The van der Waals surface area contributed by atoms with Gasteiger partial charge in [-0.25, -0.2) is 0 Å². The maximum atomic E-state index is 11.8. The fourth-order valence-electron chi connectivity index (χ4n) is 3.77. The summed E-state index contributed by atoms with van der Waals surface area (Å²) in [7, 11) is 0. The van der Waals surface area contributed by atoms with Crippen molar-refractivity contribution in [1.82, 2.24) is 0 Å². The molecule has 1 heteroatoms. The first kappa shape index (κ1) is 14.3. The van der Waals surface area contributed by atoms with E-state index in [-0.39, 0.29) is 5.78 Å². The molecule has 0 amide bonds. The summed E-state index contributed by atoms with van der Waals surface area (Å²) in [6.45, 7) is 15.3. The van der Waals surface area contributed by atoms with Gasteiger partial charge in [0.1, 0.15) is 0 Å². The Bertz CT molecular complexity index is 527. The number of ketones is 1. The summed E-state index contributed by atoms with van der Waals surface area (Å²) >= 11 is 0. The molecule has 0 saturated heterocycles. The Labute approximate surface area is 117 Å². The highest BCUT2D eigenvalue weighted by Gasteiger charge is 2.35. The Kier molecular flexibility index (Phi) is 3.59. The minimum absolute atomic E-state index is 0.189. The molecular formula is C18H26O. The van der Waals surface area contributed by atoms with Gasteiger partial charge in [-0.3, -0.25) is 4.79 Å². The molecule has 0 aromatic heterocycles. The van der Waals surface area contributed by atoms with Gasteiger partial charge < -0.3 is 0 Å². The zero-order valence-electron chi connectivity index (χ0n) is 13.3. The molecule has 0 saturated carbocycles. The molecule has 1 nitrogen and oxygen atoms in total. The summed E-state index contributed by atoms with van der Waals surface area (Å²) in [6, 6.07) is 2.17. The predicted molar refractivity (Wildman–Crippen MR) is 81.1 cm³/mol. The van der Waals surface area contributed by atoms with Crippen molar-refractivity contribution in [2.45, 2.75) is 60.3 Å². The third-order valence-corrected chi connectivity index (χ3v) is 5.71. The van der Waals surface area contributed by atoms with Gasteiger partial charge in [0.05, 0.1) is 0 Å². The van der Waals surface area contributed by atoms with Crippen LogP contribution in [-0.2, 0) is 0 Å². The summed E-state index contributed by atoms with van der Waals surface area (Å²) in [5.74, 6) is 2.68. The molecule has 1 aromatic carbocycles. The van der Waals surface area contributed by atoms with Gasteiger partial charge in [-0.1, -0.05) is 27.7 Å². The molecular weight excluding hydrogens is 232 g/mol. The van der Waals surface area contributed by atoms with E-state index >= 15 is 0 Å². The molecule has 0 N–H and O–H groups in total. The van der Waals surface area contributed by atoms with Crippen LogP contribution in [0.2, 0.25) is 0 Å². The first-order valence-corrected chi connectivity index (χ1v) is 7.42. The second-order valence-electron chi connectivity index (χ2n) is 6.53. The van der Waals surface area contributed by atoms with Crippen LogP contribution in [0.5, 0.6) is 0 Å². The molecule has 0 bridgehead atoms. The van der Waals surface area contributed by atoms with Gasteiger partial charge in [0.2, 0.25) is 0 Å². The third kappa shape index (κ3) is 2.04. The molecule has 1 aliphatic carbocycles. The Morgan fingerprint density at radius 2 is 1.47 bits per heavy atom. The summed E-state index contributed by atoms with van der Waals surface area (Å²) in [5.41, 5.74) is 6.33. The van der Waals surface area contributed by atoms with E-state index in [4.69, 9.17) is 0 Å². The topological polar surface area (TPSA) is 17.1 Å². The largest absolute Gasteiger partial charge is 0.295 e. The zero-order valence-corrected chi connectivity index (χ0v) is 13.3. The Hall–Kier alpha value is -1.11. The van der Waals surface area contributed by atoms with E-state index in [0.717, 1.165) is 5.56 Å². The van der Waals surface area contributed by atoms with Crippen molar-refractivity contribution in [2.75, 3.05) is 0 Å². The minimum atomic E-state index is 0.189. The van der Waals surface area contributed by atoms with Crippen molar-refractivity contribution < 1.29 is 4.79 Å². The van der Waals surface area contributed by atoms with E-state index in [9.17, 15) is 4.79 Å². The highest BCUT2D eigenvalue weighted by molar-refractivity contribution is 5.96. The van der Waals surface area contributed by atoms with E-state index in [1.54, 1.807) is 6.92 Å². The average molecular weight is 258 g/mol. The van der Waals surface area contributed by atoms with Crippen LogP contribution in [0.1, 0.15) is 79.1 Å². The van der Waals surface area contributed by atoms with Crippen LogP contribution in [0.3, 0.4) is 0 Å². The molecule has 4 unspecified atom stereocenters. The monoisotopic (exact) mass is 258 g/mol. The van der Waals surface area contributed by atoms with Crippen molar-refractivity contribution in [3.8, 4) is 0 Å². The standard InChI is InChI=1S/C18H26O/c1-9-10(2)13(5)18-14(6)12(4)16(15(7)19)8-17(18)11(9)3/h8-11,13H,1-7H3. The summed E-state index contributed by atoms with van der Waals surface area (Å²) in [6.07, 6.45) is 0. The van der Waals surface area contributed by atoms with Crippen LogP contribution in [0.25, 0.3) is 0 Å². The van der Waals surface area contributed by atoms with E-state index in [2.05, 4.69) is 47.6 Å². The zero-order chi connectivity index (χ0) is 14.5. The molecule has 104 valence electrons. The molecule has 1 aromatic rings. The number of Topliss-reactive ketones (excluding diaryl/α,β-unsaturated/α-hetero) is 1. The summed E-state index contributed by atoms with van der Waals surface area (Å²) in [5, 5.41) is 0. The third-order valence-electron chi connectivity index (χ3n) is 5.71. The lowest BCUT2D eigenvalue weighted by Crippen LogP contribution is -2.28. The number of carbonyl (C=O) groups is 1.